The quantitative estimate of drug-likeness (QED) is 0.838. The number of rotatable bonds is 3. The van der Waals surface area contributed by atoms with Gasteiger partial charge in [0, 0.05) is 38.1 Å². The molecule has 110 valence electrons. The van der Waals surface area contributed by atoms with E-state index in [4.69, 9.17) is 0 Å². The van der Waals surface area contributed by atoms with Gasteiger partial charge in [-0.05, 0) is 52.6 Å². The molecule has 2 saturated heterocycles. The molecule has 4 nitrogen and oxygen atoms in total. The van der Waals surface area contributed by atoms with E-state index in [2.05, 4.69) is 36.0 Å². The third-order valence-electron chi connectivity index (χ3n) is 4.59. The van der Waals surface area contributed by atoms with E-state index in [1.54, 1.807) is 0 Å². The molecule has 0 saturated carbocycles. The normalized spacial score (nSPS) is 28.4. The minimum absolute atomic E-state index is 0.0291. The van der Waals surface area contributed by atoms with E-state index in [0.29, 0.717) is 11.8 Å². The summed E-state index contributed by atoms with van der Waals surface area (Å²) in [6.45, 7) is 9.40. The lowest BCUT2D eigenvalue weighted by molar-refractivity contribution is -0.138. The van der Waals surface area contributed by atoms with Crippen LogP contribution in [0.5, 0.6) is 0 Å². The van der Waals surface area contributed by atoms with Crippen LogP contribution in [0.15, 0.2) is 0 Å². The molecule has 0 aliphatic carbocycles. The molecular weight excluding hydrogens is 238 g/mol. The summed E-state index contributed by atoms with van der Waals surface area (Å²) in [4.78, 5) is 16.9. The Hall–Kier alpha value is -0.610. The van der Waals surface area contributed by atoms with Crippen molar-refractivity contribution in [1.82, 2.24) is 15.1 Å². The van der Waals surface area contributed by atoms with Gasteiger partial charge in [0.15, 0.2) is 0 Å². The van der Waals surface area contributed by atoms with Crippen molar-refractivity contribution in [2.45, 2.75) is 45.1 Å². The predicted molar refractivity (Wildman–Crippen MR) is 78.1 cm³/mol. The van der Waals surface area contributed by atoms with Gasteiger partial charge in [0.2, 0.25) is 5.91 Å². The van der Waals surface area contributed by atoms with Gasteiger partial charge in [-0.25, -0.2) is 0 Å². The molecule has 0 aromatic heterocycles. The standard InChI is InChI=1S/C15H29N3O/c1-15(2)12-16-8-10-18(15)14(19)7-6-13-5-4-9-17(3)11-13/h13,16H,4-12H2,1-3H3. The summed E-state index contributed by atoms with van der Waals surface area (Å²) in [6.07, 6.45) is 4.36. The number of likely N-dealkylation sites (tertiary alicyclic amines) is 1. The van der Waals surface area contributed by atoms with Crippen LogP contribution in [-0.2, 0) is 4.79 Å². The van der Waals surface area contributed by atoms with Crippen LogP contribution in [-0.4, -0.2) is 61.0 Å². The molecule has 0 aromatic carbocycles. The molecule has 0 radical (unpaired) electrons. The molecule has 0 spiro atoms. The number of piperazine rings is 1. The first-order chi connectivity index (χ1) is 8.99. The maximum Gasteiger partial charge on any atom is 0.223 e. The topological polar surface area (TPSA) is 35.6 Å². The van der Waals surface area contributed by atoms with Gasteiger partial charge in [-0.1, -0.05) is 0 Å². The maximum atomic E-state index is 12.4. The number of hydrogen-bond donors (Lipinski definition) is 1. The summed E-state index contributed by atoms with van der Waals surface area (Å²) in [6, 6.07) is 0. The van der Waals surface area contributed by atoms with Crippen molar-refractivity contribution in [2.75, 3.05) is 39.8 Å². The number of piperidine rings is 1. The monoisotopic (exact) mass is 267 g/mol. The number of hydrogen-bond acceptors (Lipinski definition) is 3. The number of amides is 1. The van der Waals surface area contributed by atoms with Crippen molar-refractivity contribution in [2.24, 2.45) is 5.92 Å². The van der Waals surface area contributed by atoms with E-state index < -0.39 is 0 Å². The molecule has 0 aromatic rings. The van der Waals surface area contributed by atoms with E-state index in [1.165, 1.54) is 19.4 Å². The second-order valence-electron chi connectivity index (χ2n) is 6.84. The average Bonchev–Trinajstić information content (AvgIpc) is 2.35. The SMILES string of the molecule is CN1CCCC(CCC(=O)N2CCNCC2(C)C)C1. The van der Waals surface area contributed by atoms with Crippen molar-refractivity contribution in [3.8, 4) is 0 Å². The summed E-state index contributed by atoms with van der Waals surface area (Å²) in [5, 5.41) is 3.37. The van der Waals surface area contributed by atoms with E-state index in [9.17, 15) is 4.79 Å². The molecule has 1 atom stereocenters. The Balaban J connectivity index is 1.80. The summed E-state index contributed by atoms with van der Waals surface area (Å²) < 4.78 is 0. The number of carbonyl (C=O) groups is 1. The Morgan fingerprint density at radius 1 is 1.37 bits per heavy atom. The smallest absolute Gasteiger partial charge is 0.223 e. The van der Waals surface area contributed by atoms with Gasteiger partial charge in [0.25, 0.3) is 0 Å². The van der Waals surface area contributed by atoms with Crippen molar-refractivity contribution < 1.29 is 4.79 Å². The highest BCUT2D eigenvalue weighted by atomic mass is 16.2. The molecule has 4 heteroatoms. The number of nitrogens with zero attached hydrogens (tertiary/aromatic N) is 2. The fraction of sp³-hybridized carbons (Fsp3) is 0.933. The molecule has 2 fully saturated rings. The van der Waals surface area contributed by atoms with Crippen LogP contribution in [0.2, 0.25) is 0 Å². The lowest BCUT2D eigenvalue weighted by Crippen LogP contribution is -2.59. The molecule has 0 bridgehead atoms. The highest BCUT2D eigenvalue weighted by molar-refractivity contribution is 5.77. The van der Waals surface area contributed by atoms with Gasteiger partial charge in [-0.15, -0.1) is 0 Å². The zero-order valence-corrected chi connectivity index (χ0v) is 12.7. The zero-order valence-electron chi connectivity index (χ0n) is 12.7. The maximum absolute atomic E-state index is 12.4. The first kappa shape index (κ1) is 14.8. The first-order valence-corrected chi connectivity index (χ1v) is 7.69. The van der Waals surface area contributed by atoms with Crippen LogP contribution < -0.4 is 5.32 Å². The Morgan fingerprint density at radius 2 is 2.16 bits per heavy atom. The summed E-state index contributed by atoms with van der Waals surface area (Å²) in [5.41, 5.74) is -0.0291. The molecule has 1 unspecified atom stereocenters. The average molecular weight is 267 g/mol. The van der Waals surface area contributed by atoms with Gasteiger partial charge in [0.1, 0.15) is 0 Å². The van der Waals surface area contributed by atoms with Crippen LogP contribution in [0.1, 0.15) is 39.5 Å². The van der Waals surface area contributed by atoms with Gasteiger partial charge in [-0.2, -0.15) is 0 Å². The van der Waals surface area contributed by atoms with Crippen molar-refractivity contribution in [3.63, 3.8) is 0 Å². The van der Waals surface area contributed by atoms with Crippen LogP contribution >= 0.6 is 0 Å². The molecule has 2 aliphatic rings. The Kier molecular flexibility index (Phi) is 4.85. The lowest BCUT2D eigenvalue weighted by Gasteiger charge is -2.43. The number of nitrogens with one attached hydrogen (secondary N) is 1. The molecule has 2 aliphatic heterocycles. The summed E-state index contributed by atoms with van der Waals surface area (Å²) in [5.74, 6) is 1.06. The highest BCUT2D eigenvalue weighted by Crippen LogP contribution is 2.23. The van der Waals surface area contributed by atoms with Gasteiger partial charge in [-0.3, -0.25) is 4.79 Å². The van der Waals surface area contributed by atoms with Gasteiger partial charge < -0.3 is 15.1 Å². The predicted octanol–water partition coefficient (Wildman–Crippen LogP) is 1.32. The molecule has 19 heavy (non-hydrogen) atoms. The second-order valence-corrected chi connectivity index (χ2v) is 6.84. The molecule has 1 N–H and O–H groups in total. The highest BCUT2D eigenvalue weighted by Gasteiger charge is 2.33. The Morgan fingerprint density at radius 3 is 2.84 bits per heavy atom. The van der Waals surface area contributed by atoms with E-state index in [1.807, 2.05) is 0 Å². The van der Waals surface area contributed by atoms with Crippen molar-refractivity contribution in [3.05, 3.63) is 0 Å². The van der Waals surface area contributed by atoms with Crippen molar-refractivity contribution >= 4 is 5.91 Å². The summed E-state index contributed by atoms with van der Waals surface area (Å²) in [7, 11) is 2.19. The largest absolute Gasteiger partial charge is 0.335 e. The van der Waals surface area contributed by atoms with E-state index in [-0.39, 0.29) is 5.54 Å². The molecule has 2 rings (SSSR count). The van der Waals surface area contributed by atoms with E-state index in [0.717, 1.165) is 39.0 Å². The van der Waals surface area contributed by atoms with Crippen LogP contribution in [0.3, 0.4) is 0 Å². The molecular formula is C15H29N3O. The van der Waals surface area contributed by atoms with Gasteiger partial charge in [0.05, 0.1) is 0 Å². The Labute approximate surface area is 117 Å². The van der Waals surface area contributed by atoms with E-state index >= 15 is 0 Å². The second kappa shape index (κ2) is 6.23. The van der Waals surface area contributed by atoms with Crippen LogP contribution in [0.25, 0.3) is 0 Å². The fourth-order valence-corrected chi connectivity index (χ4v) is 3.42. The first-order valence-electron chi connectivity index (χ1n) is 7.69. The molecule has 2 heterocycles. The van der Waals surface area contributed by atoms with Crippen LogP contribution in [0, 0.1) is 5.92 Å². The number of carbonyl (C=O) groups excluding carboxylic acids is 1. The molecule has 1 amide bonds. The summed E-state index contributed by atoms with van der Waals surface area (Å²) >= 11 is 0. The third kappa shape index (κ3) is 3.93. The third-order valence-corrected chi connectivity index (χ3v) is 4.59. The van der Waals surface area contributed by atoms with Crippen molar-refractivity contribution in [1.29, 1.82) is 0 Å². The Bertz CT molecular complexity index is 317. The van der Waals surface area contributed by atoms with Gasteiger partial charge >= 0.3 is 0 Å². The zero-order chi connectivity index (χ0) is 13.9. The fourth-order valence-electron chi connectivity index (χ4n) is 3.42. The minimum Gasteiger partial charge on any atom is -0.335 e. The lowest BCUT2D eigenvalue weighted by atomic mass is 9.92. The van der Waals surface area contributed by atoms with Crippen LogP contribution in [0.4, 0.5) is 0 Å². The minimum atomic E-state index is -0.0291.